The standard InChI is InChI=1S/C59H41N3O3/c1-59-34-14-25-49(62(42-19-6-3-7-20-42)43-31-28-38(29-32-43)44-23-13-24-46-45-21-8-10-26-50(45)63-56(44)46)53(59)48-36-41(30-33-52(48)65-59)58-60-54(57-55(61-58)47-22-9-11-27-51(47)64-57)40-18-12-17-39(35-40)37-15-4-2-5-16-37/h2-36,53-54H,1H3,(H,60,61). The van der Waals surface area contributed by atoms with Crippen molar-refractivity contribution < 1.29 is 13.6 Å². The van der Waals surface area contributed by atoms with Crippen LogP contribution in [0.3, 0.4) is 0 Å². The third-order valence-electron chi connectivity index (χ3n) is 13.3. The summed E-state index contributed by atoms with van der Waals surface area (Å²) in [6.07, 6.45) is 6.57. The highest BCUT2D eigenvalue weighted by molar-refractivity contribution is 6.14. The number of anilines is 3. The molecule has 8 aromatic carbocycles. The molecule has 0 radical (unpaired) electrons. The van der Waals surface area contributed by atoms with Gasteiger partial charge in [-0.25, -0.2) is 0 Å². The Labute approximate surface area is 376 Å². The van der Waals surface area contributed by atoms with Crippen molar-refractivity contribution in [2.75, 3.05) is 10.2 Å². The lowest BCUT2D eigenvalue weighted by atomic mass is 9.78. The van der Waals surface area contributed by atoms with E-state index in [-0.39, 0.29) is 12.0 Å². The summed E-state index contributed by atoms with van der Waals surface area (Å²) in [6.45, 7) is 2.19. The first-order chi connectivity index (χ1) is 32.1. The lowest BCUT2D eigenvalue weighted by Gasteiger charge is -2.38. The fourth-order valence-corrected chi connectivity index (χ4v) is 10.2. The molecule has 1 N–H and O–H groups in total. The van der Waals surface area contributed by atoms with Gasteiger partial charge in [-0.3, -0.25) is 4.99 Å². The molecule has 0 spiro atoms. The SMILES string of the molecule is CC12C=CC=C(N(c3ccccc3)c3ccc(-c4cccc5c4oc4ccccc45)cc3)C1c1cc(C3=NC(c4cccc(-c5ccccc5)c4)c4oc5ccccc5c4N3)ccc1O2. The van der Waals surface area contributed by atoms with Gasteiger partial charge in [-0.2, -0.15) is 0 Å². The molecular formula is C59H41N3O3. The van der Waals surface area contributed by atoms with Crippen LogP contribution in [0, 0.1) is 0 Å². The lowest BCUT2D eigenvalue weighted by molar-refractivity contribution is 0.151. The number of fused-ring (bicyclic) bond motifs is 9. The molecule has 65 heavy (non-hydrogen) atoms. The van der Waals surface area contributed by atoms with E-state index in [4.69, 9.17) is 18.6 Å². The molecule has 4 heterocycles. The summed E-state index contributed by atoms with van der Waals surface area (Å²) in [5.41, 5.74) is 13.7. The summed E-state index contributed by atoms with van der Waals surface area (Å²) in [6, 6.07) is 67.6. The van der Waals surface area contributed by atoms with E-state index in [0.29, 0.717) is 0 Å². The van der Waals surface area contributed by atoms with Crippen LogP contribution < -0.4 is 15.0 Å². The number of para-hydroxylation sites is 4. The second-order valence-electron chi connectivity index (χ2n) is 17.3. The Balaban J connectivity index is 0.905. The Kier molecular flexibility index (Phi) is 8.37. The van der Waals surface area contributed by atoms with Crippen LogP contribution in [0.1, 0.15) is 41.3 Å². The van der Waals surface area contributed by atoms with E-state index in [1.807, 2.05) is 30.3 Å². The summed E-state index contributed by atoms with van der Waals surface area (Å²) in [4.78, 5) is 7.85. The molecule has 6 nitrogen and oxygen atoms in total. The highest BCUT2D eigenvalue weighted by Crippen LogP contribution is 2.54. The minimum atomic E-state index is -0.634. The Morgan fingerprint density at radius 2 is 1.25 bits per heavy atom. The molecule has 2 aromatic heterocycles. The van der Waals surface area contributed by atoms with Gasteiger partial charge in [0.15, 0.2) is 5.76 Å². The fourth-order valence-electron chi connectivity index (χ4n) is 10.2. The second kappa shape index (κ2) is 14.6. The van der Waals surface area contributed by atoms with E-state index < -0.39 is 5.60 Å². The van der Waals surface area contributed by atoms with E-state index in [1.54, 1.807) is 0 Å². The number of nitrogens with one attached hydrogen (secondary N) is 1. The van der Waals surface area contributed by atoms with Crippen LogP contribution in [0.4, 0.5) is 17.1 Å². The number of benzene rings is 8. The number of allylic oxidation sites excluding steroid dienone is 2. The van der Waals surface area contributed by atoms with Crippen LogP contribution in [0.15, 0.2) is 232 Å². The third-order valence-corrected chi connectivity index (χ3v) is 13.3. The molecule has 3 atom stereocenters. The van der Waals surface area contributed by atoms with Crippen LogP contribution in [-0.4, -0.2) is 11.4 Å². The minimum absolute atomic E-state index is 0.139. The molecule has 10 aromatic rings. The van der Waals surface area contributed by atoms with Crippen molar-refractivity contribution in [2.24, 2.45) is 4.99 Å². The normalized spacial score (nSPS) is 18.4. The van der Waals surface area contributed by atoms with Gasteiger partial charge in [0, 0.05) is 49.9 Å². The molecule has 0 bridgehead atoms. The predicted molar refractivity (Wildman–Crippen MR) is 263 cm³/mol. The molecule has 310 valence electrons. The molecule has 3 unspecified atom stereocenters. The average molecular weight is 840 g/mol. The zero-order chi connectivity index (χ0) is 43.1. The summed E-state index contributed by atoms with van der Waals surface area (Å²) >= 11 is 0. The largest absolute Gasteiger partial charge is 0.482 e. The summed E-state index contributed by atoms with van der Waals surface area (Å²) < 4.78 is 20.0. The van der Waals surface area contributed by atoms with E-state index in [2.05, 4.69) is 199 Å². The lowest BCUT2D eigenvalue weighted by Crippen LogP contribution is -2.38. The first-order valence-corrected chi connectivity index (χ1v) is 22.2. The number of hydrogen-bond donors (Lipinski definition) is 1. The molecule has 6 heteroatoms. The number of ether oxygens (including phenoxy) is 1. The predicted octanol–water partition coefficient (Wildman–Crippen LogP) is 15.2. The number of aliphatic imine (C=N–C) groups is 1. The fraction of sp³-hybridized carbons (Fsp3) is 0.0678. The first-order valence-electron chi connectivity index (χ1n) is 22.2. The van der Waals surface area contributed by atoms with Gasteiger partial charge in [-0.05, 0) is 108 Å². The summed E-state index contributed by atoms with van der Waals surface area (Å²) in [5.74, 6) is 2.31. The number of hydrogen-bond acceptors (Lipinski definition) is 6. The van der Waals surface area contributed by atoms with Gasteiger partial charge in [0.2, 0.25) is 0 Å². The van der Waals surface area contributed by atoms with Gasteiger partial charge in [0.1, 0.15) is 40.0 Å². The minimum Gasteiger partial charge on any atom is -0.482 e. The van der Waals surface area contributed by atoms with Crippen LogP contribution in [0.5, 0.6) is 5.75 Å². The van der Waals surface area contributed by atoms with Crippen molar-refractivity contribution in [1.29, 1.82) is 0 Å². The van der Waals surface area contributed by atoms with Crippen molar-refractivity contribution in [1.82, 2.24) is 0 Å². The van der Waals surface area contributed by atoms with Crippen molar-refractivity contribution in [3.8, 4) is 28.0 Å². The topological polar surface area (TPSA) is 63.1 Å². The van der Waals surface area contributed by atoms with Gasteiger partial charge < -0.3 is 23.8 Å². The van der Waals surface area contributed by atoms with E-state index in [9.17, 15) is 0 Å². The molecule has 3 aliphatic rings. The molecule has 0 amide bonds. The second-order valence-corrected chi connectivity index (χ2v) is 17.3. The Morgan fingerprint density at radius 3 is 2.08 bits per heavy atom. The first kappa shape index (κ1) is 37.2. The highest BCUT2D eigenvalue weighted by Gasteiger charge is 2.48. The third kappa shape index (κ3) is 6.05. The molecule has 1 aliphatic carbocycles. The quantitative estimate of drug-likeness (QED) is 0.173. The maximum atomic E-state index is 6.94. The van der Waals surface area contributed by atoms with Crippen LogP contribution in [0.2, 0.25) is 0 Å². The number of amidine groups is 1. The maximum Gasteiger partial charge on any atom is 0.157 e. The zero-order valence-electron chi connectivity index (χ0n) is 35.5. The maximum absolute atomic E-state index is 6.94. The van der Waals surface area contributed by atoms with Gasteiger partial charge in [-0.1, -0.05) is 133 Å². The van der Waals surface area contributed by atoms with E-state index in [1.165, 1.54) is 0 Å². The van der Waals surface area contributed by atoms with Gasteiger partial charge in [0.05, 0.1) is 11.6 Å². The van der Waals surface area contributed by atoms with E-state index in [0.717, 1.165) is 112 Å². The zero-order valence-corrected chi connectivity index (χ0v) is 35.5. The van der Waals surface area contributed by atoms with Gasteiger partial charge in [-0.15, -0.1) is 0 Å². The average Bonchev–Trinajstić information content (AvgIpc) is 4.04. The molecular weight excluding hydrogens is 799 g/mol. The smallest absolute Gasteiger partial charge is 0.157 e. The Bertz CT molecular complexity index is 3580. The molecule has 0 fully saturated rings. The Hall–Kier alpha value is -8.35. The molecule has 0 saturated heterocycles. The molecule has 0 saturated carbocycles. The van der Waals surface area contributed by atoms with E-state index >= 15 is 0 Å². The monoisotopic (exact) mass is 839 g/mol. The Morgan fingerprint density at radius 1 is 0.569 bits per heavy atom. The number of nitrogens with zero attached hydrogens (tertiary/aromatic N) is 2. The summed E-state index contributed by atoms with van der Waals surface area (Å²) in [7, 11) is 0. The van der Waals surface area contributed by atoms with Gasteiger partial charge >= 0.3 is 0 Å². The van der Waals surface area contributed by atoms with Crippen molar-refractivity contribution >= 4 is 55.8 Å². The van der Waals surface area contributed by atoms with Crippen molar-refractivity contribution in [2.45, 2.75) is 24.5 Å². The van der Waals surface area contributed by atoms with Crippen molar-refractivity contribution in [3.63, 3.8) is 0 Å². The van der Waals surface area contributed by atoms with Crippen LogP contribution in [0.25, 0.3) is 55.2 Å². The number of furan rings is 2. The molecule has 2 aliphatic heterocycles. The summed E-state index contributed by atoms with van der Waals surface area (Å²) in [5, 5.41) is 7.01. The van der Waals surface area contributed by atoms with Crippen LogP contribution in [-0.2, 0) is 0 Å². The van der Waals surface area contributed by atoms with Gasteiger partial charge in [0.25, 0.3) is 0 Å². The number of rotatable bonds is 7. The highest BCUT2D eigenvalue weighted by atomic mass is 16.5. The molecule has 13 rings (SSSR count). The van der Waals surface area contributed by atoms with Crippen molar-refractivity contribution in [3.05, 3.63) is 240 Å². The van der Waals surface area contributed by atoms with Crippen LogP contribution >= 0.6 is 0 Å².